The molecule has 2 heterocycles. The number of rotatable bonds is 4. The van der Waals surface area contributed by atoms with Crippen molar-refractivity contribution in [3.8, 4) is 0 Å². The molecule has 2 aliphatic heterocycles. The number of carbonyl (C=O) groups excluding carboxylic acids is 1. The van der Waals surface area contributed by atoms with Crippen molar-refractivity contribution in [2.45, 2.75) is 33.1 Å². The van der Waals surface area contributed by atoms with Crippen LogP contribution in [-0.2, 0) is 4.79 Å². The molecule has 2 N–H and O–H groups in total. The molecule has 1 atom stereocenters. The van der Waals surface area contributed by atoms with E-state index in [9.17, 15) is 14.7 Å². The first-order valence-electron chi connectivity index (χ1n) is 7.93. The SMILES string of the molecule is CCN1CCC(CNC(=O)N2CCC(C)(C(=O)O)C2)CC1. The Labute approximate surface area is 126 Å². The molecule has 0 saturated carbocycles. The first-order valence-corrected chi connectivity index (χ1v) is 7.93. The zero-order chi connectivity index (χ0) is 15.5. The van der Waals surface area contributed by atoms with Gasteiger partial charge in [-0.3, -0.25) is 4.79 Å². The molecule has 1 unspecified atom stereocenters. The lowest BCUT2D eigenvalue weighted by molar-refractivity contribution is -0.146. The molecule has 6 nitrogen and oxygen atoms in total. The van der Waals surface area contributed by atoms with E-state index < -0.39 is 11.4 Å². The van der Waals surface area contributed by atoms with Crippen LogP contribution in [0.5, 0.6) is 0 Å². The fourth-order valence-electron chi connectivity index (χ4n) is 3.16. The van der Waals surface area contributed by atoms with Crippen LogP contribution in [0.2, 0.25) is 0 Å². The van der Waals surface area contributed by atoms with Gasteiger partial charge in [0.2, 0.25) is 0 Å². The van der Waals surface area contributed by atoms with E-state index in [-0.39, 0.29) is 6.03 Å². The van der Waals surface area contributed by atoms with E-state index >= 15 is 0 Å². The summed E-state index contributed by atoms with van der Waals surface area (Å²) < 4.78 is 0. The second kappa shape index (κ2) is 6.64. The summed E-state index contributed by atoms with van der Waals surface area (Å²) in [6.07, 6.45) is 2.78. The maximum atomic E-state index is 12.1. The van der Waals surface area contributed by atoms with Gasteiger partial charge in [-0.25, -0.2) is 4.79 Å². The highest BCUT2D eigenvalue weighted by Gasteiger charge is 2.42. The zero-order valence-corrected chi connectivity index (χ0v) is 13.1. The Bertz CT molecular complexity index is 394. The zero-order valence-electron chi connectivity index (χ0n) is 13.1. The van der Waals surface area contributed by atoms with Crippen LogP contribution in [0.4, 0.5) is 4.79 Å². The van der Waals surface area contributed by atoms with Gasteiger partial charge in [-0.15, -0.1) is 0 Å². The topological polar surface area (TPSA) is 72.9 Å². The van der Waals surface area contributed by atoms with Crippen LogP contribution in [0.3, 0.4) is 0 Å². The number of carbonyl (C=O) groups is 2. The summed E-state index contributed by atoms with van der Waals surface area (Å²) in [5, 5.41) is 12.2. The maximum absolute atomic E-state index is 12.1. The first kappa shape index (κ1) is 16.1. The normalized spacial score (nSPS) is 27.8. The van der Waals surface area contributed by atoms with Gasteiger partial charge in [-0.1, -0.05) is 6.92 Å². The van der Waals surface area contributed by atoms with E-state index in [1.54, 1.807) is 11.8 Å². The van der Waals surface area contributed by atoms with Crippen molar-refractivity contribution >= 4 is 12.0 Å². The number of aliphatic carboxylic acids is 1. The molecule has 0 aromatic rings. The van der Waals surface area contributed by atoms with E-state index in [0.29, 0.717) is 32.0 Å². The molecule has 2 fully saturated rings. The first-order chi connectivity index (χ1) is 9.94. The Morgan fingerprint density at radius 3 is 2.48 bits per heavy atom. The summed E-state index contributed by atoms with van der Waals surface area (Å²) >= 11 is 0. The molecule has 2 aliphatic rings. The Balaban J connectivity index is 1.72. The van der Waals surface area contributed by atoms with E-state index in [0.717, 1.165) is 32.5 Å². The maximum Gasteiger partial charge on any atom is 0.317 e. The predicted molar refractivity (Wildman–Crippen MR) is 80.2 cm³/mol. The minimum Gasteiger partial charge on any atom is -0.481 e. The third-order valence-corrected chi connectivity index (χ3v) is 4.97. The van der Waals surface area contributed by atoms with Crippen molar-refractivity contribution in [1.29, 1.82) is 0 Å². The average molecular weight is 297 g/mol. The van der Waals surface area contributed by atoms with Crippen LogP contribution in [0.15, 0.2) is 0 Å². The second-order valence-electron chi connectivity index (χ2n) is 6.60. The van der Waals surface area contributed by atoms with E-state index in [1.165, 1.54) is 0 Å². The van der Waals surface area contributed by atoms with Gasteiger partial charge in [-0.2, -0.15) is 0 Å². The van der Waals surface area contributed by atoms with Crippen LogP contribution in [0.25, 0.3) is 0 Å². The predicted octanol–water partition coefficient (Wildman–Crippen LogP) is 1.22. The Hall–Kier alpha value is -1.30. The number of nitrogens with one attached hydrogen (secondary N) is 1. The molecule has 2 rings (SSSR count). The van der Waals surface area contributed by atoms with Crippen molar-refractivity contribution in [3.05, 3.63) is 0 Å². The highest BCUT2D eigenvalue weighted by molar-refractivity contribution is 5.79. The molecular formula is C15H27N3O3. The van der Waals surface area contributed by atoms with E-state index in [1.807, 2.05) is 0 Å². The minimum atomic E-state index is -0.815. The van der Waals surface area contributed by atoms with Crippen LogP contribution in [-0.4, -0.2) is 66.2 Å². The van der Waals surface area contributed by atoms with Crippen LogP contribution in [0, 0.1) is 11.3 Å². The molecule has 2 amide bonds. The van der Waals surface area contributed by atoms with Gasteiger partial charge in [0, 0.05) is 19.6 Å². The number of hydrogen-bond acceptors (Lipinski definition) is 3. The summed E-state index contributed by atoms with van der Waals surface area (Å²) in [5.74, 6) is -0.269. The molecule has 2 saturated heterocycles. The number of likely N-dealkylation sites (tertiary alicyclic amines) is 2. The van der Waals surface area contributed by atoms with Crippen LogP contribution >= 0.6 is 0 Å². The Morgan fingerprint density at radius 2 is 1.95 bits per heavy atom. The number of amides is 2. The lowest BCUT2D eigenvalue weighted by atomic mass is 9.90. The molecule has 0 aromatic heterocycles. The van der Waals surface area contributed by atoms with Gasteiger partial charge in [0.25, 0.3) is 0 Å². The number of carboxylic acid groups (broad SMARTS) is 1. The molecule has 0 bridgehead atoms. The summed E-state index contributed by atoms with van der Waals surface area (Å²) in [6.45, 7) is 8.75. The van der Waals surface area contributed by atoms with Gasteiger partial charge < -0.3 is 20.2 Å². The number of carboxylic acids is 1. The third kappa shape index (κ3) is 3.87. The van der Waals surface area contributed by atoms with Gasteiger partial charge in [0.1, 0.15) is 0 Å². The minimum absolute atomic E-state index is 0.113. The van der Waals surface area contributed by atoms with Crippen molar-refractivity contribution in [3.63, 3.8) is 0 Å². The number of urea groups is 1. The highest BCUT2D eigenvalue weighted by Crippen LogP contribution is 2.30. The number of nitrogens with zero attached hydrogens (tertiary/aromatic N) is 2. The Kier molecular flexibility index (Phi) is 5.08. The molecule has 0 spiro atoms. The second-order valence-corrected chi connectivity index (χ2v) is 6.60. The van der Waals surface area contributed by atoms with Gasteiger partial charge in [0.05, 0.1) is 5.41 Å². The molecule has 120 valence electrons. The lowest BCUT2D eigenvalue weighted by Gasteiger charge is -2.31. The smallest absolute Gasteiger partial charge is 0.317 e. The van der Waals surface area contributed by atoms with Crippen LogP contribution < -0.4 is 5.32 Å². The molecule has 6 heteroatoms. The number of piperidine rings is 1. The largest absolute Gasteiger partial charge is 0.481 e. The van der Waals surface area contributed by atoms with Crippen molar-refractivity contribution < 1.29 is 14.7 Å². The molecule has 0 radical (unpaired) electrons. The number of hydrogen-bond donors (Lipinski definition) is 2. The van der Waals surface area contributed by atoms with Crippen LogP contribution in [0.1, 0.15) is 33.1 Å². The summed E-state index contributed by atoms with van der Waals surface area (Å²) in [5.41, 5.74) is -0.788. The summed E-state index contributed by atoms with van der Waals surface area (Å²) in [4.78, 5) is 27.4. The van der Waals surface area contributed by atoms with E-state index in [2.05, 4.69) is 17.1 Å². The van der Waals surface area contributed by atoms with Crippen molar-refractivity contribution in [2.75, 3.05) is 39.3 Å². The molecule has 21 heavy (non-hydrogen) atoms. The van der Waals surface area contributed by atoms with Gasteiger partial charge >= 0.3 is 12.0 Å². The van der Waals surface area contributed by atoms with E-state index in [4.69, 9.17) is 0 Å². The van der Waals surface area contributed by atoms with Crippen molar-refractivity contribution in [2.24, 2.45) is 11.3 Å². The quantitative estimate of drug-likeness (QED) is 0.818. The Morgan fingerprint density at radius 1 is 1.29 bits per heavy atom. The lowest BCUT2D eigenvalue weighted by Crippen LogP contribution is -2.44. The fraction of sp³-hybridized carbons (Fsp3) is 0.867. The van der Waals surface area contributed by atoms with Gasteiger partial charge in [0.15, 0.2) is 0 Å². The summed E-state index contributed by atoms with van der Waals surface area (Å²) in [6, 6.07) is -0.113. The molecular weight excluding hydrogens is 270 g/mol. The average Bonchev–Trinajstić information content (AvgIpc) is 2.89. The molecule has 0 aliphatic carbocycles. The third-order valence-electron chi connectivity index (χ3n) is 4.97. The molecule has 0 aromatic carbocycles. The monoisotopic (exact) mass is 297 g/mol. The van der Waals surface area contributed by atoms with Crippen molar-refractivity contribution in [1.82, 2.24) is 15.1 Å². The summed E-state index contributed by atoms with van der Waals surface area (Å²) in [7, 11) is 0. The fourth-order valence-corrected chi connectivity index (χ4v) is 3.16. The van der Waals surface area contributed by atoms with Gasteiger partial charge in [-0.05, 0) is 51.7 Å². The highest BCUT2D eigenvalue weighted by atomic mass is 16.4. The standard InChI is InChI=1S/C15H27N3O3/c1-3-17-7-4-12(5-8-17)10-16-14(21)18-9-6-15(2,11-18)13(19)20/h12H,3-11H2,1-2H3,(H,16,21)(H,19,20).